The maximum Gasteiger partial charge on any atom is 0.355 e. The molecule has 1 N–H and O–H groups in total. The van der Waals surface area contributed by atoms with Crippen molar-refractivity contribution in [2.24, 2.45) is 0 Å². The summed E-state index contributed by atoms with van der Waals surface area (Å²) < 4.78 is 11.9. The molecule has 1 aliphatic rings. The number of allylic oxidation sites excluding steroid dienone is 1. The molecule has 1 atom stereocenters. The van der Waals surface area contributed by atoms with Crippen LogP contribution in [0.15, 0.2) is 65.9 Å². The minimum atomic E-state index is -0.792. The molecule has 0 spiro atoms. The minimum absolute atomic E-state index is 0.0143. The molecule has 9 heteroatoms. The number of rotatable bonds is 5. The van der Waals surface area contributed by atoms with E-state index in [-0.39, 0.29) is 23.0 Å². The van der Waals surface area contributed by atoms with Crippen LogP contribution in [0.5, 0.6) is 5.75 Å². The molecule has 2 heterocycles. The number of nitrogens with one attached hydrogen (secondary N) is 1. The highest BCUT2D eigenvalue weighted by Gasteiger charge is 2.39. The van der Waals surface area contributed by atoms with Crippen LogP contribution in [0.4, 0.5) is 5.95 Å². The molecule has 4 rings (SSSR count). The Labute approximate surface area is 165 Å². The normalized spacial score (nSPS) is 15.3. The molecule has 0 radical (unpaired) electrons. The molecule has 0 saturated heterocycles. The zero-order valence-electron chi connectivity index (χ0n) is 15.7. The smallest absolute Gasteiger partial charge is 0.355 e. The van der Waals surface area contributed by atoms with Crippen molar-refractivity contribution in [2.75, 3.05) is 19.5 Å². The Hall–Kier alpha value is -4.01. The number of hydrogen-bond donors (Lipinski definition) is 1. The summed E-state index contributed by atoms with van der Waals surface area (Å²) in [6.45, 7) is 0. The number of Topliss-reactive ketones (excluding diaryl/α,β-unsaturated/α-hetero) is 1. The predicted octanol–water partition coefficient (Wildman–Crippen LogP) is 2.01. The summed E-state index contributed by atoms with van der Waals surface area (Å²) in [5.74, 6) is -0.302. The van der Waals surface area contributed by atoms with Gasteiger partial charge >= 0.3 is 5.97 Å². The van der Waals surface area contributed by atoms with E-state index >= 15 is 0 Å². The van der Waals surface area contributed by atoms with Gasteiger partial charge in [0, 0.05) is 11.1 Å². The van der Waals surface area contributed by atoms with E-state index in [4.69, 9.17) is 9.47 Å². The first-order valence-corrected chi connectivity index (χ1v) is 8.75. The third-order valence-corrected chi connectivity index (χ3v) is 4.62. The average Bonchev–Trinajstić information content (AvgIpc) is 3.25. The maximum absolute atomic E-state index is 13.5. The lowest BCUT2D eigenvalue weighted by molar-refractivity contribution is -0.136. The van der Waals surface area contributed by atoms with Crippen molar-refractivity contribution in [3.8, 4) is 5.75 Å². The van der Waals surface area contributed by atoms with Gasteiger partial charge in [0.15, 0.2) is 5.78 Å². The number of benzene rings is 2. The van der Waals surface area contributed by atoms with Gasteiger partial charge < -0.3 is 14.8 Å². The number of carbonyl (C=O) groups excluding carboxylic acids is 2. The van der Waals surface area contributed by atoms with Crippen LogP contribution in [0.3, 0.4) is 0 Å². The van der Waals surface area contributed by atoms with Gasteiger partial charge in [-0.15, -0.1) is 0 Å². The van der Waals surface area contributed by atoms with Crippen molar-refractivity contribution in [1.82, 2.24) is 20.2 Å². The fourth-order valence-electron chi connectivity index (χ4n) is 3.31. The van der Waals surface area contributed by atoms with E-state index in [0.717, 1.165) is 0 Å². The van der Waals surface area contributed by atoms with Crippen LogP contribution in [0, 0.1) is 0 Å². The van der Waals surface area contributed by atoms with E-state index in [9.17, 15) is 9.59 Å². The number of anilines is 1. The SMILES string of the molecule is COC(=O)C1=C(C(=O)c2ccccc2)[C@@H](c2ccccc2OC)n2nnnc2N1. The fourth-order valence-corrected chi connectivity index (χ4v) is 3.31. The van der Waals surface area contributed by atoms with Crippen LogP contribution in [0.1, 0.15) is 22.0 Å². The Morgan fingerprint density at radius 3 is 2.48 bits per heavy atom. The van der Waals surface area contributed by atoms with E-state index < -0.39 is 12.0 Å². The van der Waals surface area contributed by atoms with Gasteiger partial charge in [-0.05, 0) is 16.5 Å². The number of nitrogens with zero attached hydrogens (tertiary/aromatic N) is 4. The first-order valence-electron chi connectivity index (χ1n) is 8.75. The van der Waals surface area contributed by atoms with Crippen LogP contribution in [-0.4, -0.2) is 46.2 Å². The van der Waals surface area contributed by atoms with Gasteiger partial charge in [0.05, 0.1) is 19.8 Å². The molecule has 3 aromatic rings. The van der Waals surface area contributed by atoms with Gasteiger partial charge in [-0.25, -0.2) is 4.79 Å². The van der Waals surface area contributed by atoms with E-state index in [2.05, 4.69) is 20.8 Å². The predicted molar refractivity (Wildman–Crippen MR) is 102 cm³/mol. The van der Waals surface area contributed by atoms with Crippen molar-refractivity contribution < 1.29 is 19.1 Å². The van der Waals surface area contributed by atoms with Crippen LogP contribution in [0.25, 0.3) is 0 Å². The number of para-hydroxylation sites is 1. The van der Waals surface area contributed by atoms with Crippen LogP contribution in [0.2, 0.25) is 0 Å². The first-order chi connectivity index (χ1) is 14.2. The van der Waals surface area contributed by atoms with Gasteiger partial charge in [0.25, 0.3) is 0 Å². The zero-order chi connectivity index (χ0) is 20.4. The number of carbonyl (C=O) groups is 2. The summed E-state index contributed by atoms with van der Waals surface area (Å²) in [6, 6.07) is 15.1. The molecule has 0 unspecified atom stereocenters. The van der Waals surface area contributed by atoms with Crippen LogP contribution in [-0.2, 0) is 9.53 Å². The third kappa shape index (κ3) is 3.12. The second kappa shape index (κ2) is 7.55. The number of tetrazole rings is 1. The Morgan fingerprint density at radius 2 is 1.76 bits per heavy atom. The van der Waals surface area contributed by atoms with Crippen molar-refractivity contribution in [3.63, 3.8) is 0 Å². The lowest BCUT2D eigenvalue weighted by atomic mass is 9.89. The van der Waals surface area contributed by atoms with E-state index in [1.165, 1.54) is 18.9 Å². The molecule has 0 aliphatic carbocycles. The average molecular weight is 391 g/mol. The Kier molecular flexibility index (Phi) is 4.78. The topological polar surface area (TPSA) is 108 Å². The molecule has 146 valence electrons. The Morgan fingerprint density at radius 1 is 1.03 bits per heavy atom. The molecule has 1 aromatic heterocycles. The standard InChI is InChI=1S/C20H17N5O4/c1-28-14-11-7-6-10-13(14)17-15(18(26)12-8-4-3-5-9-12)16(19(27)29-2)21-20-22-23-24-25(17)20/h3-11,17H,1-2H3,(H,21,22,24)/t17-/m1/s1. The second-order valence-corrected chi connectivity index (χ2v) is 6.19. The minimum Gasteiger partial charge on any atom is -0.496 e. The summed E-state index contributed by atoms with van der Waals surface area (Å²) in [5, 5.41) is 14.5. The van der Waals surface area contributed by atoms with Gasteiger partial charge in [-0.3, -0.25) is 4.79 Å². The lowest BCUT2D eigenvalue weighted by Crippen LogP contribution is -2.33. The number of methoxy groups -OCH3 is 2. The van der Waals surface area contributed by atoms with Crippen molar-refractivity contribution in [1.29, 1.82) is 0 Å². The Balaban J connectivity index is 1.99. The van der Waals surface area contributed by atoms with Crippen molar-refractivity contribution >= 4 is 17.7 Å². The highest BCUT2D eigenvalue weighted by atomic mass is 16.5. The zero-order valence-corrected chi connectivity index (χ0v) is 15.7. The summed E-state index contributed by atoms with van der Waals surface area (Å²) >= 11 is 0. The van der Waals surface area contributed by atoms with Crippen molar-refractivity contribution in [3.05, 3.63) is 77.0 Å². The summed E-state index contributed by atoms with van der Waals surface area (Å²) in [4.78, 5) is 26.1. The summed E-state index contributed by atoms with van der Waals surface area (Å²) in [7, 11) is 2.78. The first kappa shape index (κ1) is 18.4. The monoisotopic (exact) mass is 391 g/mol. The van der Waals surface area contributed by atoms with Crippen LogP contribution < -0.4 is 10.1 Å². The molecule has 2 aromatic carbocycles. The van der Waals surface area contributed by atoms with Gasteiger partial charge in [0.1, 0.15) is 17.5 Å². The van der Waals surface area contributed by atoms with Gasteiger partial charge in [-0.1, -0.05) is 53.6 Å². The highest BCUT2D eigenvalue weighted by molar-refractivity contribution is 6.14. The number of esters is 1. The quantitative estimate of drug-likeness (QED) is 0.520. The fraction of sp³-hybridized carbons (Fsp3) is 0.150. The molecule has 0 amide bonds. The summed E-state index contributed by atoms with van der Waals surface area (Å²) in [6.07, 6.45) is 0. The van der Waals surface area contributed by atoms with Crippen molar-refractivity contribution in [2.45, 2.75) is 6.04 Å². The molecule has 0 fully saturated rings. The number of fused-ring (bicyclic) bond motifs is 1. The summed E-state index contributed by atoms with van der Waals surface area (Å²) in [5.41, 5.74) is 1.19. The molecular weight excluding hydrogens is 374 g/mol. The number of ketones is 1. The van der Waals surface area contributed by atoms with E-state index in [0.29, 0.717) is 16.9 Å². The molecule has 0 saturated carbocycles. The largest absolute Gasteiger partial charge is 0.496 e. The maximum atomic E-state index is 13.5. The third-order valence-electron chi connectivity index (χ3n) is 4.62. The molecule has 1 aliphatic heterocycles. The molecule has 0 bridgehead atoms. The molecule has 9 nitrogen and oxygen atoms in total. The van der Waals surface area contributed by atoms with E-state index in [1.807, 2.05) is 18.2 Å². The second-order valence-electron chi connectivity index (χ2n) is 6.19. The number of ether oxygens (including phenoxy) is 2. The highest BCUT2D eigenvalue weighted by Crippen LogP contribution is 2.39. The number of hydrogen-bond acceptors (Lipinski definition) is 8. The Bertz CT molecular complexity index is 1110. The molecular formula is C20H17N5O4. The van der Waals surface area contributed by atoms with Gasteiger partial charge in [0.2, 0.25) is 5.95 Å². The lowest BCUT2D eigenvalue weighted by Gasteiger charge is -2.28. The van der Waals surface area contributed by atoms with E-state index in [1.54, 1.807) is 36.4 Å². The van der Waals surface area contributed by atoms with Crippen LogP contribution >= 0.6 is 0 Å². The number of aromatic nitrogens is 4. The molecule has 29 heavy (non-hydrogen) atoms. The van der Waals surface area contributed by atoms with Gasteiger partial charge in [-0.2, -0.15) is 4.68 Å².